The molecule has 3 heteroatoms. The van der Waals surface area contributed by atoms with Crippen LogP contribution in [0.5, 0.6) is 0 Å². The lowest BCUT2D eigenvalue weighted by molar-refractivity contribution is -0.136. The number of benzene rings is 1. The smallest absolute Gasteiger partial charge is 0.308 e. The van der Waals surface area contributed by atoms with E-state index in [2.05, 4.69) is 50.9 Å². The van der Waals surface area contributed by atoms with Crippen LogP contribution in [0.15, 0.2) is 53.9 Å². The van der Waals surface area contributed by atoms with E-state index in [1.54, 1.807) is 0 Å². The highest BCUT2D eigenvalue weighted by molar-refractivity contribution is 6.95. The van der Waals surface area contributed by atoms with Crippen LogP contribution in [-0.2, 0) is 9.53 Å². The molecule has 1 rings (SSSR count). The van der Waals surface area contributed by atoms with Crippen molar-refractivity contribution in [1.29, 1.82) is 0 Å². The summed E-state index contributed by atoms with van der Waals surface area (Å²) in [4.78, 5) is 11.1. The molecule has 0 N–H and O–H groups in total. The Morgan fingerprint density at radius 3 is 2.43 bits per heavy atom. The molecule has 0 aliphatic heterocycles. The van der Waals surface area contributed by atoms with Gasteiger partial charge in [0.05, 0.1) is 0 Å². The van der Waals surface area contributed by atoms with Crippen molar-refractivity contribution in [3.8, 4) is 0 Å². The molecule has 0 atom stereocenters. The van der Waals surface area contributed by atoms with Gasteiger partial charge in [-0.2, -0.15) is 0 Å². The topological polar surface area (TPSA) is 26.3 Å². The van der Waals surface area contributed by atoms with Crippen molar-refractivity contribution in [2.24, 2.45) is 0 Å². The quantitative estimate of drug-likeness (QED) is 0.324. The molecule has 1 aromatic carbocycles. The molecule has 0 heterocycles. The molecule has 0 radical (unpaired) electrons. The van der Waals surface area contributed by atoms with E-state index in [1.165, 1.54) is 17.3 Å². The minimum absolute atomic E-state index is 0.315. The highest BCUT2D eigenvalue weighted by Crippen LogP contribution is 2.22. The van der Waals surface area contributed by atoms with Gasteiger partial charge < -0.3 is 4.74 Å². The van der Waals surface area contributed by atoms with Crippen LogP contribution in [0.4, 0.5) is 0 Å². The zero-order valence-corrected chi connectivity index (χ0v) is 14.6. The van der Waals surface area contributed by atoms with E-state index >= 15 is 0 Å². The van der Waals surface area contributed by atoms with Gasteiger partial charge in [0, 0.05) is 6.92 Å². The number of hydrogen-bond acceptors (Lipinski definition) is 2. The molecular weight excluding hydrogens is 276 g/mol. The molecule has 0 unspecified atom stereocenters. The van der Waals surface area contributed by atoms with Crippen molar-refractivity contribution in [2.75, 3.05) is 0 Å². The van der Waals surface area contributed by atoms with Gasteiger partial charge in [0.1, 0.15) is 13.8 Å². The third kappa shape index (κ3) is 5.35. The van der Waals surface area contributed by atoms with Crippen LogP contribution in [0.3, 0.4) is 0 Å². The van der Waals surface area contributed by atoms with Gasteiger partial charge in [-0.15, -0.1) is 0 Å². The first-order valence-electron chi connectivity index (χ1n) is 7.51. The molecule has 0 saturated heterocycles. The normalized spacial score (nSPS) is 12.1. The number of hydrogen-bond donors (Lipinski definition) is 0. The Bertz CT molecular complexity index is 515. The fourth-order valence-electron chi connectivity index (χ4n) is 2.38. The first-order chi connectivity index (χ1) is 9.87. The SMILES string of the molecule is C=C(/C=C(\CCCC)[Si](C)(C)c1ccccc1)OC(C)=O. The summed E-state index contributed by atoms with van der Waals surface area (Å²) < 4.78 is 5.10. The zero-order chi connectivity index (χ0) is 15.9. The summed E-state index contributed by atoms with van der Waals surface area (Å²) in [5.74, 6) is 0.135. The van der Waals surface area contributed by atoms with E-state index in [1.807, 2.05) is 12.1 Å². The lowest BCUT2D eigenvalue weighted by atomic mass is 10.2. The molecule has 0 spiro atoms. The van der Waals surface area contributed by atoms with Gasteiger partial charge in [-0.25, -0.2) is 0 Å². The molecular formula is C18H26O2Si. The van der Waals surface area contributed by atoms with Crippen LogP contribution in [0, 0.1) is 0 Å². The summed E-state index contributed by atoms with van der Waals surface area (Å²) in [5.41, 5.74) is 0. The number of unbranched alkanes of at least 4 members (excludes halogenated alkanes) is 1. The fraction of sp³-hybridized carbons (Fsp3) is 0.389. The van der Waals surface area contributed by atoms with Crippen LogP contribution in [0.1, 0.15) is 33.1 Å². The predicted molar refractivity (Wildman–Crippen MR) is 92.1 cm³/mol. The van der Waals surface area contributed by atoms with Crippen molar-refractivity contribution in [3.63, 3.8) is 0 Å². The third-order valence-electron chi connectivity index (χ3n) is 3.71. The second kappa shape index (κ2) is 7.98. The van der Waals surface area contributed by atoms with Crippen LogP contribution in [0.2, 0.25) is 13.1 Å². The van der Waals surface area contributed by atoms with Crippen molar-refractivity contribution in [3.05, 3.63) is 53.9 Å². The van der Waals surface area contributed by atoms with Crippen molar-refractivity contribution < 1.29 is 9.53 Å². The number of rotatable bonds is 7. The molecule has 0 aromatic heterocycles. The second-order valence-electron chi connectivity index (χ2n) is 5.82. The van der Waals surface area contributed by atoms with Crippen LogP contribution >= 0.6 is 0 Å². The number of allylic oxidation sites excluding steroid dienone is 2. The van der Waals surface area contributed by atoms with Gasteiger partial charge in [0.2, 0.25) is 0 Å². The van der Waals surface area contributed by atoms with E-state index in [0.717, 1.165) is 19.3 Å². The Hall–Kier alpha value is -1.61. The highest BCUT2D eigenvalue weighted by atomic mass is 28.3. The second-order valence-corrected chi connectivity index (χ2v) is 10.3. The van der Waals surface area contributed by atoms with E-state index in [4.69, 9.17) is 4.74 Å². The summed E-state index contributed by atoms with van der Waals surface area (Å²) in [5, 5.41) is 2.77. The summed E-state index contributed by atoms with van der Waals surface area (Å²) >= 11 is 0. The fourth-order valence-corrected chi connectivity index (χ4v) is 5.10. The summed E-state index contributed by atoms with van der Waals surface area (Å²) in [6.07, 6.45) is 5.31. The average Bonchev–Trinajstić information content (AvgIpc) is 2.43. The maximum atomic E-state index is 11.1. The third-order valence-corrected chi connectivity index (χ3v) is 7.48. The molecule has 21 heavy (non-hydrogen) atoms. The molecule has 0 fully saturated rings. The number of esters is 1. The van der Waals surface area contributed by atoms with Gasteiger partial charge >= 0.3 is 5.97 Å². The van der Waals surface area contributed by atoms with Crippen molar-refractivity contribution >= 4 is 19.2 Å². The van der Waals surface area contributed by atoms with Gasteiger partial charge in [-0.1, -0.05) is 80.2 Å². The average molecular weight is 302 g/mol. The molecule has 0 amide bonds. The van der Waals surface area contributed by atoms with Crippen LogP contribution in [0.25, 0.3) is 0 Å². The lowest BCUT2D eigenvalue weighted by Crippen LogP contribution is -2.43. The number of ether oxygens (including phenoxy) is 1. The minimum Gasteiger partial charge on any atom is -0.427 e. The Morgan fingerprint density at radius 1 is 1.29 bits per heavy atom. The van der Waals surface area contributed by atoms with Gasteiger partial charge in [-0.3, -0.25) is 4.79 Å². The monoisotopic (exact) mass is 302 g/mol. The standard InChI is InChI=1S/C18H26O2Si/c1-6-7-11-18(14-15(2)20-16(3)19)21(4,5)17-12-9-8-10-13-17/h8-10,12-14H,2,6-7,11H2,1,3-5H3/b18-14+. The Labute approximate surface area is 129 Å². The Balaban J connectivity index is 3.08. The van der Waals surface area contributed by atoms with E-state index in [0.29, 0.717) is 5.76 Å². The number of carbonyl (C=O) groups excluding carboxylic acids is 1. The summed E-state index contributed by atoms with van der Waals surface area (Å²) in [7, 11) is -1.75. The molecule has 0 saturated carbocycles. The lowest BCUT2D eigenvalue weighted by Gasteiger charge is -2.27. The molecule has 0 aliphatic carbocycles. The van der Waals surface area contributed by atoms with Crippen molar-refractivity contribution in [1.82, 2.24) is 0 Å². The van der Waals surface area contributed by atoms with Gasteiger partial charge in [-0.05, 0) is 12.5 Å². The Morgan fingerprint density at radius 2 is 1.90 bits per heavy atom. The van der Waals surface area contributed by atoms with Crippen LogP contribution in [-0.4, -0.2) is 14.0 Å². The summed E-state index contributed by atoms with van der Waals surface area (Å²) in [6.45, 7) is 12.1. The van der Waals surface area contributed by atoms with Crippen LogP contribution < -0.4 is 5.19 Å². The van der Waals surface area contributed by atoms with Gasteiger partial charge in [0.25, 0.3) is 0 Å². The van der Waals surface area contributed by atoms with E-state index in [9.17, 15) is 4.79 Å². The minimum atomic E-state index is -1.75. The molecule has 1 aromatic rings. The first kappa shape index (κ1) is 17.4. The van der Waals surface area contributed by atoms with Gasteiger partial charge in [0.15, 0.2) is 0 Å². The maximum Gasteiger partial charge on any atom is 0.308 e. The van der Waals surface area contributed by atoms with E-state index in [-0.39, 0.29) is 5.97 Å². The molecule has 0 aliphatic rings. The molecule has 0 bridgehead atoms. The predicted octanol–water partition coefficient (Wildman–Crippen LogP) is 4.33. The summed E-state index contributed by atoms with van der Waals surface area (Å²) in [6, 6.07) is 10.6. The molecule has 2 nitrogen and oxygen atoms in total. The Kier molecular flexibility index (Phi) is 6.63. The molecule has 114 valence electrons. The highest BCUT2D eigenvalue weighted by Gasteiger charge is 2.27. The maximum absolute atomic E-state index is 11.1. The number of carbonyl (C=O) groups is 1. The van der Waals surface area contributed by atoms with E-state index < -0.39 is 8.07 Å². The first-order valence-corrected chi connectivity index (χ1v) is 10.5. The van der Waals surface area contributed by atoms with Crippen molar-refractivity contribution in [2.45, 2.75) is 46.2 Å². The zero-order valence-electron chi connectivity index (χ0n) is 13.6. The largest absolute Gasteiger partial charge is 0.427 e.